The summed E-state index contributed by atoms with van der Waals surface area (Å²) in [6.45, 7) is 2.98. The Balaban J connectivity index is 1.60. The van der Waals surface area contributed by atoms with Crippen LogP contribution in [0.15, 0.2) is 18.2 Å². The normalized spacial score (nSPS) is 28.0. The molecule has 2 atom stereocenters. The first-order valence-electron chi connectivity index (χ1n) is 8.14. The van der Waals surface area contributed by atoms with Crippen LogP contribution < -0.4 is 10.5 Å². The van der Waals surface area contributed by atoms with E-state index in [1.54, 1.807) is 0 Å². The molecule has 0 bridgehead atoms. The van der Waals surface area contributed by atoms with Gasteiger partial charge in [-0.3, -0.25) is 4.79 Å². The monoisotopic (exact) mass is 287 g/mol. The van der Waals surface area contributed by atoms with Crippen molar-refractivity contribution in [3.63, 3.8) is 0 Å². The molecule has 2 unspecified atom stereocenters. The minimum absolute atomic E-state index is 0.241. The highest BCUT2D eigenvalue weighted by atomic mass is 16.5. The molecule has 1 aliphatic carbocycles. The Hall–Kier alpha value is -1.35. The van der Waals surface area contributed by atoms with Crippen molar-refractivity contribution >= 4 is 5.78 Å². The maximum absolute atomic E-state index is 12.5. The Morgan fingerprint density at radius 3 is 3.14 bits per heavy atom. The zero-order valence-electron chi connectivity index (χ0n) is 12.9. The van der Waals surface area contributed by atoms with E-state index in [2.05, 4.69) is 19.1 Å². The molecule has 0 amide bonds. The molecule has 0 aromatic heterocycles. The summed E-state index contributed by atoms with van der Waals surface area (Å²) in [5.41, 5.74) is 8.30. The third-order valence-electron chi connectivity index (χ3n) is 4.98. The van der Waals surface area contributed by atoms with Crippen molar-refractivity contribution in [2.45, 2.75) is 57.4 Å². The molecule has 3 nitrogen and oxygen atoms in total. The summed E-state index contributed by atoms with van der Waals surface area (Å²) in [5, 5.41) is 0. The number of ether oxygens (including phenoxy) is 1. The molecule has 2 aliphatic rings. The number of Topliss-reactive ketones (excluding diaryl/α,β-unsaturated/α-hetero) is 1. The van der Waals surface area contributed by atoms with E-state index in [0.717, 1.165) is 44.5 Å². The summed E-state index contributed by atoms with van der Waals surface area (Å²) in [5.74, 6) is 1.82. The molecule has 3 heteroatoms. The van der Waals surface area contributed by atoms with Crippen molar-refractivity contribution in [2.24, 2.45) is 11.7 Å². The largest absolute Gasteiger partial charge is 0.493 e. The second-order valence-electron chi connectivity index (χ2n) is 6.82. The van der Waals surface area contributed by atoms with Gasteiger partial charge >= 0.3 is 0 Å². The van der Waals surface area contributed by atoms with Crippen LogP contribution in [0, 0.1) is 5.92 Å². The lowest BCUT2D eigenvalue weighted by molar-refractivity contribution is -0.125. The van der Waals surface area contributed by atoms with E-state index < -0.39 is 5.54 Å². The van der Waals surface area contributed by atoms with Crippen molar-refractivity contribution in [2.75, 3.05) is 6.61 Å². The van der Waals surface area contributed by atoms with Gasteiger partial charge in [-0.2, -0.15) is 0 Å². The van der Waals surface area contributed by atoms with Gasteiger partial charge in [0.25, 0.3) is 0 Å². The molecule has 0 radical (unpaired) electrons. The first-order chi connectivity index (χ1) is 10.1. The maximum Gasteiger partial charge on any atom is 0.152 e. The summed E-state index contributed by atoms with van der Waals surface area (Å²) < 4.78 is 5.52. The molecule has 3 rings (SSSR count). The van der Waals surface area contributed by atoms with E-state index in [4.69, 9.17) is 10.5 Å². The molecule has 0 spiro atoms. The van der Waals surface area contributed by atoms with E-state index in [-0.39, 0.29) is 5.78 Å². The number of aryl methyl sites for hydroxylation is 1. The third kappa shape index (κ3) is 3.13. The van der Waals surface area contributed by atoms with Crippen LogP contribution in [0.1, 0.15) is 50.2 Å². The van der Waals surface area contributed by atoms with Gasteiger partial charge in [-0.15, -0.1) is 0 Å². The van der Waals surface area contributed by atoms with Crippen LogP contribution in [0.4, 0.5) is 0 Å². The van der Waals surface area contributed by atoms with Crippen LogP contribution in [0.2, 0.25) is 0 Å². The highest BCUT2D eigenvalue weighted by molar-refractivity contribution is 5.88. The smallest absolute Gasteiger partial charge is 0.152 e. The molecular formula is C18H25NO2. The van der Waals surface area contributed by atoms with Crippen LogP contribution in [-0.4, -0.2) is 17.9 Å². The quantitative estimate of drug-likeness (QED) is 0.926. The lowest BCUT2D eigenvalue weighted by atomic mass is 9.73. The number of fused-ring (bicyclic) bond motifs is 1. The molecular weight excluding hydrogens is 262 g/mol. The second kappa shape index (κ2) is 5.80. The van der Waals surface area contributed by atoms with Crippen molar-refractivity contribution in [1.82, 2.24) is 0 Å². The molecule has 21 heavy (non-hydrogen) atoms. The highest BCUT2D eigenvalue weighted by Crippen LogP contribution is 2.32. The maximum atomic E-state index is 12.5. The number of nitrogens with two attached hydrogens (primary N) is 1. The number of hydrogen-bond acceptors (Lipinski definition) is 3. The summed E-state index contributed by atoms with van der Waals surface area (Å²) in [6, 6.07) is 6.29. The predicted octanol–water partition coefficient (Wildman–Crippen LogP) is 3.03. The minimum Gasteiger partial charge on any atom is -0.493 e. The first kappa shape index (κ1) is 14.6. The first-order valence-corrected chi connectivity index (χ1v) is 8.14. The Labute approximate surface area is 126 Å². The average molecular weight is 287 g/mol. The minimum atomic E-state index is -0.572. The molecule has 1 heterocycles. The molecule has 1 aromatic rings. The van der Waals surface area contributed by atoms with Gasteiger partial charge in [0.15, 0.2) is 5.78 Å². The Bertz CT molecular complexity index is 540. The standard InChI is InChI=1S/C18H25NO2/c1-13-3-2-9-18(19,12-13)17(20)7-5-14-4-6-16-15(11-14)8-10-21-16/h4,6,11,13H,2-3,5,7-10,12,19H2,1H3. The fourth-order valence-corrected chi connectivity index (χ4v) is 3.75. The number of hydrogen-bond donors (Lipinski definition) is 1. The van der Waals surface area contributed by atoms with Crippen molar-refractivity contribution in [3.8, 4) is 5.75 Å². The number of ketones is 1. The Morgan fingerprint density at radius 2 is 2.33 bits per heavy atom. The van der Waals surface area contributed by atoms with Gasteiger partial charge < -0.3 is 10.5 Å². The predicted molar refractivity (Wildman–Crippen MR) is 83.5 cm³/mol. The van der Waals surface area contributed by atoms with Crippen LogP contribution in [0.3, 0.4) is 0 Å². The molecule has 114 valence electrons. The topological polar surface area (TPSA) is 52.3 Å². The lowest BCUT2D eigenvalue weighted by Crippen LogP contribution is -2.51. The van der Waals surface area contributed by atoms with E-state index in [1.807, 2.05) is 6.07 Å². The number of carbonyl (C=O) groups is 1. The van der Waals surface area contributed by atoms with Crippen LogP contribution in [-0.2, 0) is 17.6 Å². The molecule has 1 aliphatic heterocycles. The van der Waals surface area contributed by atoms with Gasteiger partial charge in [0.05, 0.1) is 12.1 Å². The summed E-state index contributed by atoms with van der Waals surface area (Å²) in [4.78, 5) is 12.5. The van der Waals surface area contributed by atoms with Gasteiger partial charge in [0.1, 0.15) is 5.75 Å². The van der Waals surface area contributed by atoms with Crippen LogP contribution in [0.25, 0.3) is 0 Å². The molecule has 1 fully saturated rings. The number of benzene rings is 1. The number of rotatable bonds is 4. The summed E-state index contributed by atoms with van der Waals surface area (Å²) in [7, 11) is 0. The fraction of sp³-hybridized carbons (Fsp3) is 0.611. The zero-order chi connectivity index (χ0) is 14.9. The van der Waals surface area contributed by atoms with Crippen LogP contribution in [0.5, 0.6) is 5.75 Å². The van der Waals surface area contributed by atoms with Crippen LogP contribution >= 0.6 is 0 Å². The average Bonchev–Trinajstić information content (AvgIpc) is 2.92. The zero-order valence-corrected chi connectivity index (χ0v) is 12.9. The third-order valence-corrected chi connectivity index (χ3v) is 4.98. The SMILES string of the molecule is CC1CCCC(N)(C(=O)CCc2ccc3c(c2)CCO3)C1. The molecule has 1 aromatic carbocycles. The molecule has 0 saturated heterocycles. The second-order valence-corrected chi connectivity index (χ2v) is 6.82. The van der Waals surface area contributed by atoms with E-state index in [1.165, 1.54) is 17.5 Å². The lowest BCUT2D eigenvalue weighted by Gasteiger charge is -2.35. The van der Waals surface area contributed by atoms with E-state index >= 15 is 0 Å². The van der Waals surface area contributed by atoms with Gasteiger partial charge in [0, 0.05) is 12.8 Å². The summed E-state index contributed by atoms with van der Waals surface area (Å²) >= 11 is 0. The van der Waals surface area contributed by atoms with E-state index in [0.29, 0.717) is 12.3 Å². The summed E-state index contributed by atoms with van der Waals surface area (Å²) in [6.07, 6.45) is 6.33. The van der Waals surface area contributed by atoms with Gasteiger partial charge in [0.2, 0.25) is 0 Å². The fourth-order valence-electron chi connectivity index (χ4n) is 3.75. The molecule has 1 saturated carbocycles. The van der Waals surface area contributed by atoms with Gasteiger partial charge in [-0.1, -0.05) is 31.9 Å². The van der Waals surface area contributed by atoms with Gasteiger partial charge in [-0.25, -0.2) is 0 Å². The van der Waals surface area contributed by atoms with E-state index in [9.17, 15) is 4.79 Å². The van der Waals surface area contributed by atoms with Crippen molar-refractivity contribution in [3.05, 3.63) is 29.3 Å². The van der Waals surface area contributed by atoms with Gasteiger partial charge in [-0.05, 0) is 42.4 Å². The Morgan fingerprint density at radius 1 is 1.48 bits per heavy atom. The Kier molecular flexibility index (Phi) is 4.03. The highest BCUT2D eigenvalue weighted by Gasteiger charge is 2.37. The molecule has 2 N–H and O–H groups in total. The number of carbonyl (C=O) groups excluding carboxylic acids is 1. The van der Waals surface area contributed by atoms with Crippen molar-refractivity contribution < 1.29 is 9.53 Å². The van der Waals surface area contributed by atoms with Crippen molar-refractivity contribution in [1.29, 1.82) is 0 Å².